The van der Waals surface area contributed by atoms with Crippen LogP contribution >= 0.6 is 0 Å². The van der Waals surface area contributed by atoms with Crippen molar-refractivity contribution in [3.63, 3.8) is 0 Å². The van der Waals surface area contributed by atoms with E-state index in [1.54, 1.807) is 17.9 Å². The van der Waals surface area contributed by atoms with Crippen molar-refractivity contribution >= 4 is 5.91 Å². The molecule has 0 N–H and O–H groups in total. The quantitative estimate of drug-likeness (QED) is 0.846. The number of ether oxygens (including phenoxy) is 2. The van der Waals surface area contributed by atoms with Crippen molar-refractivity contribution < 1.29 is 27.4 Å². The Morgan fingerprint density at radius 2 is 2.04 bits per heavy atom. The Bertz CT molecular complexity index is 611. The first-order chi connectivity index (χ1) is 11.3. The monoisotopic (exact) mass is 343 g/mol. The number of rotatable bonds is 3. The van der Waals surface area contributed by atoms with Crippen LogP contribution in [0, 0.1) is 0 Å². The fourth-order valence-corrected chi connectivity index (χ4v) is 3.38. The lowest BCUT2D eigenvalue weighted by molar-refractivity contribution is -0.153. The summed E-state index contributed by atoms with van der Waals surface area (Å²) < 4.78 is 49.9. The molecule has 0 saturated carbocycles. The van der Waals surface area contributed by atoms with E-state index in [2.05, 4.69) is 0 Å². The molecule has 2 aliphatic heterocycles. The van der Waals surface area contributed by atoms with Crippen LogP contribution < -0.4 is 0 Å². The summed E-state index contributed by atoms with van der Waals surface area (Å²) in [6, 6.07) is 5.02. The van der Waals surface area contributed by atoms with E-state index < -0.39 is 23.4 Å². The maximum atomic E-state index is 12.9. The normalized spacial score (nSPS) is 21.4. The Morgan fingerprint density at radius 3 is 2.67 bits per heavy atom. The second kappa shape index (κ2) is 6.37. The smallest absolute Gasteiger partial charge is 0.346 e. The summed E-state index contributed by atoms with van der Waals surface area (Å²) in [5, 5.41) is 0. The van der Waals surface area contributed by atoms with Crippen LogP contribution in [0.25, 0.3) is 0 Å². The van der Waals surface area contributed by atoms with Crippen molar-refractivity contribution in [3.8, 4) is 0 Å². The van der Waals surface area contributed by atoms with Gasteiger partial charge in [-0.25, -0.2) is 0 Å². The number of hydrogen-bond acceptors (Lipinski definition) is 3. The molecule has 1 spiro atoms. The number of halogens is 3. The van der Waals surface area contributed by atoms with Crippen molar-refractivity contribution in [2.75, 3.05) is 26.3 Å². The lowest BCUT2D eigenvalue weighted by Gasteiger charge is -2.25. The maximum absolute atomic E-state index is 12.9. The summed E-state index contributed by atoms with van der Waals surface area (Å²) in [5.41, 5.74) is -0.335. The summed E-state index contributed by atoms with van der Waals surface area (Å²) in [4.78, 5) is 14.5. The highest BCUT2D eigenvalue weighted by Gasteiger charge is 2.45. The summed E-state index contributed by atoms with van der Waals surface area (Å²) in [6.07, 6.45) is -3.39. The van der Waals surface area contributed by atoms with Crippen LogP contribution in [0.15, 0.2) is 24.3 Å². The number of amides is 1. The zero-order valence-corrected chi connectivity index (χ0v) is 13.4. The first-order valence-corrected chi connectivity index (χ1v) is 8.08. The highest BCUT2D eigenvalue weighted by molar-refractivity contribution is 5.84. The van der Waals surface area contributed by atoms with Crippen LogP contribution in [0.2, 0.25) is 0 Å². The molecule has 1 aromatic rings. The Balaban J connectivity index is 1.78. The van der Waals surface area contributed by atoms with E-state index in [1.165, 1.54) is 6.07 Å². The highest BCUT2D eigenvalue weighted by atomic mass is 19.4. The minimum absolute atomic E-state index is 0.173. The second-order valence-corrected chi connectivity index (χ2v) is 6.20. The standard InChI is InChI=1S/C17H20F3NO3/c1-2-14(12-4-3-5-13(10-12)17(18,19)20)15(22)21-7-6-16(11-21)23-8-9-24-16/h3-5,10,14H,2,6-9,11H2,1H3. The molecule has 2 heterocycles. The zero-order valence-electron chi connectivity index (χ0n) is 13.4. The molecule has 2 saturated heterocycles. The topological polar surface area (TPSA) is 38.8 Å². The van der Waals surface area contributed by atoms with Crippen molar-refractivity contribution in [2.24, 2.45) is 0 Å². The molecule has 2 aliphatic rings. The molecule has 0 bridgehead atoms. The number of carbonyl (C=O) groups excluding carboxylic acids is 1. The van der Waals surface area contributed by atoms with Gasteiger partial charge in [0.2, 0.25) is 5.91 Å². The minimum Gasteiger partial charge on any atom is -0.346 e. The summed E-state index contributed by atoms with van der Waals surface area (Å²) in [7, 11) is 0. The molecule has 0 aliphatic carbocycles. The number of alkyl halides is 3. The third kappa shape index (κ3) is 3.28. The van der Waals surface area contributed by atoms with E-state index in [-0.39, 0.29) is 5.91 Å². The van der Waals surface area contributed by atoms with Crippen LogP contribution in [-0.4, -0.2) is 42.9 Å². The van der Waals surface area contributed by atoms with Gasteiger partial charge in [-0.2, -0.15) is 13.2 Å². The van der Waals surface area contributed by atoms with Gasteiger partial charge in [0.1, 0.15) is 0 Å². The molecule has 1 unspecified atom stereocenters. The maximum Gasteiger partial charge on any atom is 0.416 e. The molecule has 24 heavy (non-hydrogen) atoms. The zero-order chi connectivity index (χ0) is 17.4. The molecular weight excluding hydrogens is 323 g/mol. The first-order valence-electron chi connectivity index (χ1n) is 8.08. The fraction of sp³-hybridized carbons (Fsp3) is 0.588. The molecule has 1 atom stereocenters. The second-order valence-electron chi connectivity index (χ2n) is 6.20. The van der Waals surface area contributed by atoms with E-state index in [1.807, 2.05) is 0 Å². The van der Waals surface area contributed by atoms with Crippen molar-refractivity contribution in [3.05, 3.63) is 35.4 Å². The largest absolute Gasteiger partial charge is 0.416 e. The van der Waals surface area contributed by atoms with Gasteiger partial charge in [0.15, 0.2) is 5.79 Å². The van der Waals surface area contributed by atoms with Crippen LogP contribution in [0.4, 0.5) is 13.2 Å². The molecule has 0 radical (unpaired) electrons. The number of benzene rings is 1. The SMILES string of the molecule is CCC(C(=O)N1CCC2(C1)OCCO2)c1cccc(C(F)(F)F)c1. The van der Waals surface area contributed by atoms with E-state index in [9.17, 15) is 18.0 Å². The third-order valence-electron chi connectivity index (χ3n) is 4.64. The Morgan fingerprint density at radius 1 is 1.33 bits per heavy atom. The Kier molecular flexibility index (Phi) is 4.57. The Labute approximate surface area is 138 Å². The van der Waals surface area contributed by atoms with Gasteiger partial charge in [-0.15, -0.1) is 0 Å². The molecule has 1 aromatic carbocycles. The van der Waals surface area contributed by atoms with Gasteiger partial charge in [-0.3, -0.25) is 4.79 Å². The molecule has 7 heteroatoms. The van der Waals surface area contributed by atoms with Crippen LogP contribution in [0.3, 0.4) is 0 Å². The van der Waals surface area contributed by atoms with Gasteiger partial charge >= 0.3 is 6.18 Å². The molecular formula is C17H20F3NO3. The molecule has 1 amide bonds. The predicted molar refractivity (Wildman–Crippen MR) is 80.3 cm³/mol. The first kappa shape index (κ1) is 17.2. The Hall–Kier alpha value is -1.60. The van der Waals surface area contributed by atoms with E-state index >= 15 is 0 Å². The lowest BCUT2D eigenvalue weighted by Crippen LogP contribution is -2.39. The summed E-state index contributed by atoms with van der Waals surface area (Å²) in [6.45, 7) is 3.65. The van der Waals surface area contributed by atoms with Gasteiger partial charge in [0.05, 0.1) is 31.2 Å². The number of carbonyl (C=O) groups is 1. The average Bonchev–Trinajstić information content (AvgIpc) is 3.18. The summed E-state index contributed by atoms with van der Waals surface area (Å²) >= 11 is 0. The lowest BCUT2D eigenvalue weighted by atomic mass is 9.93. The molecule has 4 nitrogen and oxygen atoms in total. The number of likely N-dealkylation sites (tertiary alicyclic amines) is 1. The average molecular weight is 343 g/mol. The van der Waals surface area contributed by atoms with Gasteiger partial charge < -0.3 is 14.4 Å². The van der Waals surface area contributed by atoms with Crippen LogP contribution in [0.5, 0.6) is 0 Å². The van der Waals surface area contributed by atoms with Gasteiger partial charge in [0, 0.05) is 13.0 Å². The van der Waals surface area contributed by atoms with Gasteiger partial charge in [-0.05, 0) is 18.1 Å². The number of hydrogen-bond donors (Lipinski definition) is 0. The van der Waals surface area contributed by atoms with Crippen molar-refractivity contribution in [2.45, 2.75) is 37.6 Å². The van der Waals surface area contributed by atoms with Crippen molar-refractivity contribution in [1.82, 2.24) is 4.90 Å². The highest BCUT2D eigenvalue weighted by Crippen LogP contribution is 2.35. The molecule has 3 rings (SSSR count). The van der Waals surface area contributed by atoms with Crippen LogP contribution in [-0.2, 0) is 20.4 Å². The van der Waals surface area contributed by atoms with Crippen LogP contribution in [0.1, 0.15) is 36.8 Å². The molecule has 132 valence electrons. The number of nitrogens with zero attached hydrogens (tertiary/aromatic N) is 1. The van der Waals surface area contributed by atoms with E-state index in [0.717, 1.165) is 12.1 Å². The third-order valence-corrected chi connectivity index (χ3v) is 4.64. The summed E-state index contributed by atoms with van der Waals surface area (Å²) in [5.74, 6) is -1.49. The van der Waals surface area contributed by atoms with Gasteiger partial charge in [-0.1, -0.05) is 25.1 Å². The van der Waals surface area contributed by atoms with Gasteiger partial charge in [0.25, 0.3) is 0 Å². The molecule has 2 fully saturated rings. The van der Waals surface area contributed by atoms with E-state index in [4.69, 9.17) is 9.47 Å². The van der Waals surface area contributed by atoms with Crippen molar-refractivity contribution in [1.29, 1.82) is 0 Å². The fourth-order valence-electron chi connectivity index (χ4n) is 3.38. The predicted octanol–water partition coefficient (Wildman–Crippen LogP) is 3.17. The van der Waals surface area contributed by atoms with E-state index in [0.29, 0.717) is 44.7 Å². The molecule has 0 aromatic heterocycles. The minimum atomic E-state index is -4.42.